The summed E-state index contributed by atoms with van der Waals surface area (Å²) in [7, 11) is -1.56. The van der Waals surface area contributed by atoms with Crippen molar-refractivity contribution in [3.8, 4) is 5.75 Å². The van der Waals surface area contributed by atoms with E-state index >= 15 is 0 Å². The maximum Gasteiger partial charge on any atom is 0.265 e. The largest absolute Gasteiger partial charge is 0.481 e. The SMILES string of the molecule is CC(Oc1ccc(Cl)cc1)C(=O)Nc1ccc(S(=O)(=O)N2CCN(C)CC2)cc1. The summed E-state index contributed by atoms with van der Waals surface area (Å²) in [6.45, 7) is 3.99. The van der Waals surface area contributed by atoms with E-state index in [4.69, 9.17) is 16.3 Å². The molecule has 0 saturated carbocycles. The minimum Gasteiger partial charge on any atom is -0.481 e. The van der Waals surface area contributed by atoms with Crippen LogP contribution in [0.5, 0.6) is 5.75 Å². The van der Waals surface area contributed by atoms with Crippen LogP contribution in [0.15, 0.2) is 53.4 Å². The van der Waals surface area contributed by atoms with E-state index in [9.17, 15) is 13.2 Å². The van der Waals surface area contributed by atoms with Gasteiger partial charge in [-0.1, -0.05) is 11.6 Å². The second-order valence-corrected chi connectivity index (χ2v) is 9.31. The fourth-order valence-corrected chi connectivity index (χ4v) is 4.45. The van der Waals surface area contributed by atoms with Crippen LogP contribution in [0, 0.1) is 0 Å². The van der Waals surface area contributed by atoms with Crippen LogP contribution in [0.2, 0.25) is 5.02 Å². The summed E-state index contributed by atoms with van der Waals surface area (Å²) in [5, 5.41) is 3.32. The lowest BCUT2D eigenvalue weighted by atomic mass is 10.3. The molecule has 0 aliphatic carbocycles. The van der Waals surface area contributed by atoms with E-state index in [-0.39, 0.29) is 10.8 Å². The van der Waals surface area contributed by atoms with Gasteiger partial charge in [-0.15, -0.1) is 0 Å². The van der Waals surface area contributed by atoms with Crippen molar-refractivity contribution in [1.82, 2.24) is 9.21 Å². The maximum absolute atomic E-state index is 12.8. The molecule has 1 heterocycles. The zero-order valence-electron chi connectivity index (χ0n) is 16.3. The Morgan fingerprint density at radius 1 is 1.03 bits per heavy atom. The Bertz CT molecular complexity index is 941. The molecule has 9 heteroatoms. The molecule has 3 rings (SSSR count). The molecule has 1 fully saturated rings. The number of benzene rings is 2. The first-order chi connectivity index (χ1) is 13.8. The van der Waals surface area contributed by atoms with Crippen LogP contribution >= 0.6 is 11.6 Å². The highest BCUT2D eigenvalue weighted by atomic mass is 35.5. The van der Waals surface area contributed by atoms with Gasteiger partial charge in [-0.25, -0.2) is 8.42 Å². The minimum absolute atomic E-state index is 0.213. The number of piperazine rings is 1. The van der Waals surface area contributed by atoms with Crippen LogP contribution in [0.25, 0.3) is 0 Å². The summed E-state index contributed by atoms with van der Waals surface area (Å²) in [6.07, 6.45) is -0.732. The fourth-order valence-electron chi connectivity index (χ4n) is 2.90. The number of nitrogens with one attached hydrogen (secondary N) is 1. The number of halogens is 1. The van der Waals surface area contributed by atoms with Gasteiger partial charge in [0.05, 0.1) is 4.90 Å². The van der Waals surface area contributed by atoms with Crippen molar-refractivity contribution >= 4 is 33.2 Å². The highest BCUT2D eigenvalue weighted by Crippen LogP contribution is 2.21. The Morgan fingerprint density at radius 2 is 1.62 bits per heavy atom. The number of nitrogens with zero attached hydrogens (tertiary/aromatic N) is 2. The number of hydrogen-bond donors (Lipinski definition) is 1. The van der Waals surface area contributed by atoms with Gasteiger partial charge >= 0.3 is 0 Å². The smallest absolute Gasteiger partial charge is 0.265 e. The molecule has 1 amide bonds. The molecule has 1 unspecified atom stereocenters. The van der Waals surface area contributed by atoms with Crippen molar-refractivity contribution in [3.63, 3.8) is 0 Å². The van der Waals surface area contributed by atoms with E-state index < -0.39 is 16.1 Å². The van der Waals surface area contributed by atoms with Gasteiger partial charge < -0.3 is 15.0 Å². The molecule has 1 aliphatic heterocycles. The summed E-state index contributed by atoms with van der Waals surface area (Å²) in [6, 6.07) is 12.9. The van der Waals surface area contributed by atoms with Crippen molar-refractivity contribution in [3.05, 3.63) is 53.6 Å². The summed E-state index contributed by atoms with van der Waals surface area (Å²) in [5.74, 6) is 0.195. The van der Waals surface area contributed by atoms with Crippen molar-refractivity contribution in [2.75, 3.05) is 38.5 Å². The molecule has 0 bridgehead atoms. The summed E-state index contributed by atoms with van der Waals surface area (Å²) < 4.78 is 32.6. The Labute approximate surface area is 176 Å². The molecule has 156 valence electrons. The number of amides is 1. The lowest BCUT2D eigenvalue weighted by Crippen LogP contribution is -2.46. The number of carbonyl (C=O) groups is 1. The van der Waals surface area contributed by atoms with Gasteiger partial charge in [-0.3, -0.25) is 4.79 Å². The van der Waals surface area contributed by atoms with E-state index in [0.717, 1.165) is 0 Å². The Hall–Kier alpha value is -2.13. The lowest BCUT2D eigenvalue weighted by Gasteiger charge is -2.31. The highest BCUT2D eigenvalue weighted by Gasteiger charge is 2.27. The number of ether oxygens (including phenoxy) is 1. The van der Waals surface area contributed by atoms with Crippen LogP contribution in [0.3, 0.4) is 0 Å². The number of sulfonamides is 1. The molecule has 29 heavy (non-hydrogen) atoms. The molecule has 0 aromatic heterocycles. The van der Waals surface area contributed by atoms with Gasteiger partial charge in [0.25, 0.3) is 5.91 Å². The molecule has 2 aromatic rings. The van der Waals surface area contributed by atoms with Crippen LogP contribution in [-0.2, 0) is 14.8 Å². The maximum atomic E-state index is 12.8. The predicted molar refractivity (Wildman–Crippen MR) is 113 cm³/mol. The van der Waals surface area contributed by atoms with Gasteiger partial charge in [0.2, 0.25) is 10.0 Å². The molecule has 0 spiro atoms. The number of anilines is 1. The summed E-state index contributed by atoms with van der Waals surface area (Å²) >= 11 is 5.84. The second kappa shape index (κ2) is 9.13. The van der Waals surface area contributed by atoms with Crippen LogP contribution < -0.4 is 10.1 Å². The molecule has 1 N–H and O–H groups in total. The summed E-state index contributed by atoms with van der Waals surface area (Å²) in [4.78, 5) is 14.7. The molecule has 1 atom stereocenters. The monoisotopic (exact) mass is 437 g/mol. The topological polar surface area (TPSA) is 78.9 Å². The molecule has 1 saturated heterocycles. The first-order valence-corrected chi connectivity index (χ1v) is 11.1. The minimum atomic E-state index is -3.53. The van der Waals surface area contributed by atoms with E-state index in [1.54, 1.807) is 43.3 Å². The van der Waals surface area contributed by atoms with Gasteiger partial charge in [-0.05, 0) is 62.5 Å². The number of likely N-dealkylation sites (N-methyl/N-ethyl adjacent to an activating group) is 1. The molecular formula is C20H24ClN3O4S. The van der Waals surface area contributed by atoms with Gasteiger partial charge in [0, 0.05) is 36.9 Å². The van der Waals surface area contributed by atoms with Crippen LogP contribution in [0.1, 0.15) is 6.92 Å². The van der Waals surface area contributed by atoms with Crippen LogP contribution in [0.4, 0.5) is 5.69 Å². The van der Waals surface area contributed by atoms with Crippen molar-refractivity contribution in [2.45, 2.75) is 17.9 Å². The Kier molecular flexibility index (Phi) is 6.79. The average Bonchev–Trinajstić information content (AvgIpc) is 2.70. The number of hydrogen-bond acceptors (Lipinski definition) is 5. The molecule has 0 radical (unpaired) electrons. The van der Waals surface area contributed by atoms with Gasteiger partial charge in [0.1, 0.15) is 5.75 Å². The number of rotatable bonds is 6. The first-order valence-electron chi connectivity index (χ1n) is 9.27. The third kappa shape index (κ3) is 5.48. The normalized spacial score (nSPS) is 16.9. The van der Waals surface area contributed by atoms with Crippen LogP contribution in [-0.4, -0.2) is 62.9 Å². The van der Waals surface area contributed by atoms with Crippen molar-refractivity contribution in [1.29, 1.82) is 0 Å². The zero-order chi connectivity index (χ0) is 21.0. The predicted octanol–water partition coefficient (Wildman–Crippen LogP) is 2.68. The van der Waals surface area contributed by atoms with Gasteiger partial charge in [0.15, 0.2) is 6.10 Å². The van der Waals surface area contributed by atoms with E-state index in [2.05, 4.69) is 10.2 Å². The van der Waals surface area contributed by atoms with Gasteiger partial charge in [-0.2, -0.15) is 4.31 Å². The average molecular weight is 438 g/mol. The third-order valence-electron chi connectivity index (χ3n) is 4.72. The standard InChI is InChI=1S/C20H24ClN3O4S/c1-15(28-18-7-3-16(21)4-8-18)20(25)22-17-5-9-19(10-6-17)29(26,27)24-13-11-23(2)12-14-24/h3-10,15H,11-14H2,1-2H3,(H,22,25). The van der Waals surface area contributed by atoms with Crippen molar-refractivity contribution < 1.29 is 17.9 Å². The fraction of sp³-hybridized carbons (Fsp3) is 0.350. The Morgan fingerprint density at radius 3 is 2.21 bits per heavy atom. The van der Waals surface area contributed by atoms with E-state index in [0.29, 0.717) is 42.6 Å². The molecular weight excluding hydrogens is 414 g/mol. The Balaban J connectivity index is 1.61. The first kappa shape index (κ1) is 21.6. The highest BCUT2D eigenvalue weighted by molar-refractivity contribution is 7.89. The lowest BCUT2D eigenvalue weighted by molar-refractivity contribution is -0.122. The zero-order valence-corrected chi connectivity index (χ0v) is 17.9. The summed E-state index contributed by atoms with van der Waals surface area (Å²) in [5.41, 5.74) is 0.499. The quantitative estimate of drug-likeness (QED) is 0.751. The van der Waals surface area contributed by atoms with E-state index in [1.165, 1.54) is 16.4 Å². The third-order valence-corrected chi connectivity index (χ3v) is 6.88. The molecule has 1 aliphatic rings. The molecule has 2 aromatic carbocycles. The van der Waals surface area contributed by atoms with E-state index in [1.807, 2.05) is 7.05 Å². The van der Waals surface area contributed by atoms with Crippen molar-refractivity contribution in [2.24, 2.45) is 0 Å². The molecule has 7 nitrogen and oxygen atoms in total. The second-order valence-electron chi connectivity index (χ2n) is 6.93. The number of carbonyl (C=O) groups excluding carboxylic acids is 1.